The Bertz CT molecular complexity index is 918. The lowest BCUT2D eigenvalue weighted by atomic mass is 10.1. The zero-order valence-electron chi connectivity index (χ0n) is 15.3. The number of hydrogen-bond donors (Lipinski definition) is 3. The Morgan fingerprint density at radius 2 is 1.68 bits per heavy atom. The number of fused-ring (bicyclic) bond motifs is 1. The van der Waals surface area contributed by atoms with Crippen LogP contribution in [0.4, 0.5) is 11.4 Å². The topological polar surface area (TPSA) is 96.5 Å². The third kappa shape index (κ3) is 3.98. The molecule has 0 saturated heterocycles. The van der Waals surface area contributed by atoms with Gasteiger partial charge in [-0.05, 0) is 55.3 Å². The van der Waals surface area contributed by atoms with E-state index in [1.165, 1.54) is 0 Å². The van der Waals surface area contributed by atoms with Crippen LogP contribution in [0, 0.1) is 0 Å². The lowest BCUT2D eigenvalue weighted by Crippen LogP contribution is -2.32. The molecule has 0 spiro atoms. The number of carbonyl (C=O) groups is 3. The molecule has 0 atom stereocenters. The monoisotopic (exact) mass is 379 g/mol. The molecule has 3 N–H and O–H groups in total. The van der Waals surface area contributed by atoms with Gasteiger partial charge in [-0.3, -0.25) is 14.4 Å². The first kappa shape index (κ1) is 18.0. The van der Waals surface area contributed by atoms with Gasteiger partial charge in [-0.1, -0.05) is 12.8 Å². The van der Waals surface area contributed by atoms with Crippen LogP contribution in [0.2, 0.25) is 0 Å². The van der Waals surface area contributed by atoms with E-state index >= 15 is 0 Å². The Kier molecular flexibility index (Phi) is 4.97. The van der Waals surface area contributed by atoms with E-state index in [4.69, 9.17) is 4.74 Å². The number of rotatable bonds is 4. The molecule has 1 aliphatic heterocycles. The number of nitrogens with one attached hydrogen (secondary N) is 3. The predicted octanol–water partition coefficient (Wildman–Crippen LogP) is 2.94. The molecular formula is C21H21N3O4. The van der Waals surface area contributed by atoms with Crippen molar-refractivity contribution in [1.82, 2.24) is 5.32 Å². The van der Waals surface area contributed by atoms with Gasteiger partial charge in [0.25, 0.3) is 17.7 Å². The predicted molar refractivity (Wildman–Crippen MR) is 105 cm³/mol. The molecule has 0 bridgehead atoms. The number of benzene rings is 2. The number of amides is 3. The zero-order valence-corrected chi connectivity index (χ0v) is 15.3. The van der Waals surface area contributed by atoms with Gasteiger partial charge in [0.2, 0.25) is 0 Å². The standard InChI is InChI=1S/C21H21N3O4/c25-19-12-28-18-10-7-14(11-17(18)24-19)21(27)23-16-8-5-13(6-9-16)20(26)22-15-3-1-2-4-15/h5-11,15H,1-4,12H2,(H,22,26)(H,23,27)(H,24,25). The fraction of sp³-hybridized carbons (Fsp3) is 0.286. The lowest BCUT2D eigenvalue weighted by Gasteiger charge is -2.18. The van der Waals surface area contributed by atoms with Crippen LogP contribution in [0.1, 0.15) is 46.4 Å². The molecule has 4 rings (SSSR count). The summed E-state index contributed by atoms with van der Waals surface area (Å²) in [5.74, 6) is -0.119. The zero-order chi connectivity index (χ0) is 19.5. The van der Waals surface area contributed by atoms with Gasteiger partial charge in [-0.2, -0.15) is 0 Å². The van der Waals surface area contributed by atoms with Crippen LogP contribution < -0.4 is 20.7 Å². The number of ether oxygens (including phenoxy) is 1. The highest BCUT2D eigenvalue weighted by atomic mass is 16.5. The Morgan fingerprint density at radius 1 is 0.964 bits per heavy atom. The van der Waals surface area contributed by atoms with Crippen molar-refractivity contribution in [3.8, 4) is 5.75 Å². The van der Waals surface area contributed by atoms with Crippen LogP contribution in [0.25, 0.3) is 0 Å². The minimum atomic E-state index is -0.314. The molecule has 2 aliphatic rings. The molecule has 1 saturated carbocycles. The fourth-order valence-electron chi connectivity index (χ4n) is 3.47. The molecule has 1 heterocycles. The van der Waals surface area contributed by atoms with Gasteiger partial charge in [0, 0.05) is 22.9 Å². The third-order valence-corrected chi connectivity index (χ3v) is 4.97. The van der Waals surface area contributed by atoms with E-state index in [0.717, 1.165) is 25.7 Å². The Labute approximate surface area is 162 Å². The van der Waals surface area contributed by atoms with Gasteiger partial charge in [-0.15, -0.1) is 0 Å². The molecule has 144 valence electrons. The average Bonchev–Trinajstić information content (AvgIpc) is 3.21. The molecule has 28 heavy (non-hydrogen) atoms. The summed E-state index contributed by atoms with van der Waals surface area (Å²) in [6, 6.07) is 11.9. The van der Waals surface area contributed by atoms with Crippen molar-refractivity contribution < 1.29 is 19.1 Å². The molecule has 7 nitrogen and oxygen atoms in total. The largest absolute Gasteiger partial charge is 0.482 e. The molecular weight excluding hydrogens is 358 g/mol. The maximum atomic E-state index is 12.5. The Hall–Kier alpha value is -3.35. The van der Waals surface area contributed by atoms with E-state index in [1.807, 2.05) is 0 Å². The molecule has 2 aromatic carbocycles. The summed E-state index contributed by atoms with van der Waals surface area (Å²) >= 11 is 0. The summed E-state index contributed by atoms with van der Waals surface area (Å²) in [6.07, 6.45) is 4.39. The van der Waals surface area contributed by atoms with Gasteiger partial charge < -0.3 is 20.7 Å². The molecule has 2 aromatic rings. The second-order valence-corrected chi connectivity index (χ2v) is 7.03. The Morgan fingerprint density at radius 3 is 2.43 bits per heavy atom. The molecule has 1 aliphatic carbocycles. The first-order chi connectivity index (χ1) is 13.6. The van der Waals surface area contributed by atoms with E-state index in [9.17, 15) is 14.4 Å². The van der Waals surface area contributed by atoms with Gasteiger partial charge in [0.05, 0.1) is 5.69 Å². The molecule has 1 fully saturated rings. The van der Waals surface area contributed by atoms with Crippen molar-refractivity contribution in [3.63, 3.8) is 0 Å². The minimum absolute atomic E-state index is 0.0286. The maximum absolute atomic E-state index is 12.5. The second-order valence-electron chi connectivity index (χ2n) is 7.03. The van der Waals surface area contributed by atoms with Crippen LogP contribution in [-0.2, 0) is 4.79 Å². The summed E-state index contributed by atoms with van der Waals surface area (Å²) in [5, 5.41) is 8.51. The SMILES string of the molecule is O=C1COc2ccc(C(=O)Nc3ccc(C(=O)NC4CCCC4)cc3)cc2N1. The van der Waals surface area contributed by atoms with Gasteiger partial charge in [0.15, 0.2) is 6.61 Å². The van der Waals surface area contributed by atoms with Gasteiger partial charge in [0.1, 0.15) is 5.75 Å². The van der Waals surface area contributed by atoms with E-state index in [1.54, 1.807) is 42.5 Å². The van der Waals surface area contributed by atoms with Crippen molar-refractivity contribution in [1.29, 1.82) is 0 Å². The fourth-order valence-corrected chi connectivity index (χ4v) is 3.47. The van der Waals surface area contributed by atoms with Crippen molar-refractivity contribution in [2.45, 2.75) is 31.7 Å². The molecule has 0 radical (unpaired) electrons. The van der Waals surface area contributed by atoms with Crippen LogP contribution >= 0.6 is 0 Å². The van der Waals surface area contributed by atoms with E-state index < -0.39 is 0 Å². The van der Waals surface area contributed by atoms with Crippen LogP contribution in [0.3, 0.4) is 0 Å². The number of hydrogen-bond acceptors (Lipinski definition) is 4. The Balaban J connectivity index is 1.40. The summed E-state index contributed by atoms with van der Waals surface area (Å²) in [5.41, 5.74) is 2.02. The van der Waals surface area contributed by atoms with E-state index in [0.29, 0.717) is 28.3 Å². The van der Waals surface area contributed by atoms with Crippen LogP contribution in [0.15, 0.2) is 42.5 Å². The van der Waals surface area contributed by atoms with Crippen molar-refractivity contribution in [2.24, 2.45) is 0 Å². The lowest BCUT2D eigenvalue weighted by molar-refractivity contribution is -0.118. The molecule has 0 aromatic heterocycles. The van der Waals surface area contributed by atoms with Crippen molar-refractivity contribution in [2.75, 3.05) is 17.2 Å². The van der Waals surface area contributed by atoms with E-state index in [2.05, 4.69) is 16.0 Å². The molecule has 7 heteroatoms. The summed E-state index contributed by atoms with van der Waals surface area (Å²) < 4.78 is 5.29. The van der Waals surface area contributed by atoms with Crippen molar-refractivity contribution in [3.05, 3.63) is 53.6 Å². The average molecular weight is 379 g/mol. The van der Waals surface area contributed by atoms with Gasteiger partial charge >= 0.3 is 0 Å². The summed E-state index contributed by atoms with van der Waals surface area (Å²) in [4.78, 5) is 36.2. The van der Waals surface area contributed by atoms with Crippen LogP contribution in [-0.4, -0.2) is 30.4 Å². The second kappa shape index (κ2) is 7.72. The van der Waals surface area contributed by atoms with Gasteiger partial charge in [-0.25, -0.2) is 0 Å². The quantitative estimate of drug-likeness (QED) is 0.761. The first-order valence-electron chi connectivity index (χ1n) is 9.37. The minimum Gasteiger partial charge on any atom is -0.482 e. The normalized spacial score (nSPS) is 15.9. The molecule has 3 amide bonds. The maximum Gasteiger partial charge on any atom is 0.262 e. The first-order valence-corrected chi connectivity index (χ1v) is 9.37. The summed E-state index contributed by atoms with van der Waals surface area (Å²) in [7, 11) is 0. The van der Waals surface area contributed by atoms with Crippen molar-refractivity contribution >= 4 is 29.1 Å². The third-order valence-electron chi connectivity index (χ3n) is 4.97. The highest BCUT2D eigenvalue weighted by Crippen LogP contribution is 2.28. The summed E-state index contributed by atoms with van der Waals surface area (Å²) in [6.45, 7) is -0.0286. The number of anilines is 2. The molecule has 0 unspecified atom stereocenters. The number of carbonyl (C=O) groups excluding carboxylic acids is 3. The highest BCUT2D eigenvalue weighted by molar-refractivity contribution is 6.06. The van der Waals surface area contributed by atoms with E-state index in [-0.39, 0.29) is 30.4 Å². The van der Waals surface area contributed by atoms with Crippen LogP contribution in [0.5, 0.6) is 5.75 Å². The highest BCUT2D eigenvalue weighted by Gasteiger charge is 2.19. The smallest absolute Gasteiger partial charge is 0.262 e.